The van der Waals surface area contributed by atoms with Crippen molar-refractivity contribution in [1.29, 1.82) is 0 Å². The van der Waals surface area contributed by atoms with E-state index in [4.69, 9.17) is 19.0 Å². The van der Waals surface area contributed by atoms with E-state index in [1.54, 1.807) is 30.6 Å². The van der Waals surface area contributed by atoms with E-state index in [0.29, 0.717) is 23.7 Å². The quantitative estimate of drug-likeness (QED) is 0.509. The van der Waals surface area contributed by atoms with Crippen molar-refractivity contribution < 1.29 is 23.8 Å². The van der Waals surface area contributed by atoms with Crippen LogP contribution < -0.4 is 15.0 Å². The molecule has 29 heavy (non-hydrogen) atoms. The van der Waals surface area contributed by atoms with Crippen LogP contribution in [0.2, 0.25) is 0 Å². The van der Waals surface area contributed by atoms with E-state index in [0.717, 1.165) is 24.1 Å². The lowest BCUT2D eigenvalue weighted by atomic mass is 10.1. The predicted octanol–water partition coefficient (Wildman–Crippen LogP) is 3.76. The molecule has 0 spiro atoms. The summed E-state index contributed by atoms with van der Waals surface area (Å²) in [4.78, 5) is 21.8. The van der Waals surface area contributed by atoms with Crippen LogP contribution in [0.25, 0.3) is 5.70 Å². The number of hydroxylamine groups is 1. The molecule has 1 atom stereocenters. The second-order valence-corrected chi connectivity index (χ2v) is 6.96. The van der Waals surface area contributed by atoms with Crippen molar-refractivity contribution in [2.45, 2.75) is 32.3 Å². The minimum Gasteiger partial charge on any atom is -0.490 e. The van der Waals surface area contributed by atoms with Gasteiger partial charge < -0.3 is 14.2 Å². The Balaban J connectivity index is 1.75. The first kappa shape index (κ1) is 20.7. The Hall–Kier alpha value is -3.06. The molecule has 0 radical (unpaired) electrons. The summed E-state index contributed by atoms with van der Waals surface area (Å²) in [7, 11) is 1.35. The fraction of sp³-hybridized carbons (Fsp3) is 0.364. The number of carbonyl (C=O) groups excluding carboxylic acids is 1. The molecule has 0 fully saturated rings. The highest BCUT2D eigenvalue weighted by Gasteiger charge is 2.32. The Morgan fingerprint density at radius 1 is 1.24 bits per heavy atom. The highest BCUT2D eigenvalue weighted by Crippen LogP contribution is 2.32. The van der Waals surface area contributed by atoms with Crippen molar-refractivity contribution in [2.24, 2.45) is 0 Å². The van der Waals surface area contributed by atoms with Crippen LogP contribution in [0, 0.1) is 0 Å². The predicted molar refractivity (Wildman–Crippen MR) is 109 cm³/mol. The zero-order valence-corrected chi connectivity index (χ0v) is 16.9. The van der Waals surface area contributed by atoms with Gasteiger partial charge in [-0.15, -0.1) is 0 Å². The van der Waals surface area contributed by atoms with Crippen molar-refractivity contribution in [3.63, 3.8) is 0 Å². The second kappa shape index (κ2) is 9.43. The molecule has 154 valence electrons. The molecule has 3 rings (SSSR count). The first-order valence-electron chi connectivity index (χ1n) is 9.60. The van der Waals surface area contributed by atoms with Gasteiger partial charge in [0.25, 0.3) is 0 Å². The van der Waals surface area contributed by atoms with Crippen LogP contribution in [0.5, 0.6) is 11.5 Å². The van der Waals surface area contributed by atoms with Crippen molar-refractivity contribution >= 4 is 11.7 Å². The van der Waals surface area contributed by atoms with Crippen LogP contribution in [0.1, 0.15) is 42.6 Å². The molecule has 1 aliphatic rings. The van der Waals surface area contributed by atoms with E-state index in [-0.39, 0.29) is 6.61 Å². The van der Waals surface area contributed by atoms with E-state index in [1.165, 1.54) is 7.11 Å². The number of aromatic nitrogens is 1. The van der Waals surface area contributed by atoms with Gasteiger partial charge >= 0.3 is 5.97 Å². The van der Waals surface area contributed by atoms with Crippen molar-refractivity contribution in [1.82, 2.24) is 10.5 Å². The average Bonchev–Trinajstić information content (AvgIpc) is 3.15. The van der Waals surface area contributed by atoms with Crippen LogP contribution in [0.4, 0.5) is 0 Å². The standard InChI is InChI=1S/C22H26N2O5/c1-4-5-11-27-19-9-8-16(21(25)26-3)12-20(19)28-15-22(2)13-18(24-29-22)17-7-6-10-23-14-17/h6-10,12-14,24H,4-5,11,15H2,1-3H3. The van der Waals surface area contributed by atoms with Crippen LogP contribution >= 0.6 is 0 Å². The fourth-order valence-corrected chi connectivity index (χ4v) is 2.80. The summed E-state index contributed by atoms with van der Waals surface area (Å²) in [6.45, 7) is 4.80. The molecule has 0 saturated heterocycles. The van der Waals surface area contributed by atoms with E-state index < -0.39 is 11.6 Å². The number of carbonyl (C=O) groups is 1. The SMILES string of the molecule is CCCCOc1ccc(C(=O)OC)cc1OCC1(C)C=C(c2cccnc2)NO1. The lowest BCUT2D eigenvalue weighted by Crippen LogP contribution is -2.33. The number of benzene rings is 1. The molecule has 7 nitrogen and oxygen atoms in total. The van der Waals surface area contributed by atoms with Crippen LogP contribution in [0.15, 0.2) is 48.8 Å². The molecule has 0 aliphatic carbocycles. The number of hydrogen-bond donors (Lipinski definition) is 1. The van der Waals surface area contributed by atoms with Gasteiger partial charge in [-0.1, -0.05) is 13.3 Å². The highest BCUT2D eigenvalue weighted by molar-refractivity contribution is 5.90. The number of rotatable bonds is 9. The van der Waals surface area contributed by atoms with Gasteiger partial charge in [0.15, 0.2) is 11.5 Å². The minimum atomic E-state index is -0.701. The van der Waals surface area contributed by atoms with Crippen molar-refractivity contribution in [3.8, 4) is 11.5 Å². The maximum Gasteiger partial charge on any atom is 0.337 e. The fourth-order valence-electron chi connectivity index (χ4n) is 2.80. The number of unbranched alkanes of at least 4 members (excludes halogenated alkanes) is 1. The van der Waals surface area contributed by atoms with E-state index in [9.17, 15) is 4.79 Å². The second-order valence-electron chi connectivity index (χ2n) is 6.96. The number of hydrogen-bond acceptors (Lipinski definition) is 7. The average molecular weight is 398 g/mol. The lowest BCUT2D eigenvalue weighted by Gasteiger charge is -2.22. The highest BCUT2D eigenvalue weighted by atomic mass is 16.7. The molecule has 1 aromatic heterocycles. The summed E-state index contributed by atoms with van der Waals surface area (Å²) in [5.41, 5.74) is 4.37. The molecular formula is C22H26N2O5. The number of nitrogens with one attached hydrogen (secondary N) is 1. The molecule has 1 aliphatic heterocycles. The van der Waals surface area contributed by atoms with Gasteiger partial charge in [0, 0.05) is 18.0 Å². The van der Waals surface area contributed by atoms with E-state index in [1.807, 2.05) is 25.1 Å². The Labute approximate surface area is 170 Å². The summed E-state index contributed by atoms with van der Waals surface area (Å²) in [6, 6.07) is 8.83. The monoisotopic (exact) mass is 398 g/mol. The van der Waals surface area contributed by atoms with E-state index >= 15 is 0 Å². The van der Waals surface area contributed by atoms with Gasteiger partial charge in [0.1, 0.15) is 12.2 Å². The van der Waals surface area contributed by atoms with Gasteiger partial charge in [0.2, 0.25) is 0 Å². The zero-order valence-electron chi connectivity index (χ0n) is 16.9. The number of nitrogens with zero attached hydrogens (tertiary/aromatic N) is 1. The van der Waals surface area contributed by atoms with Gasteiger partial charge in [0.05, 0.1) is 25.0 Å². The van der Waals surface area contributed by atoms with E-state index in [2.05, 4.69) is 17.4 Å². The Bertz CT molecular complexity index is 869. The number of pyridine rings is 1. The summed E-state index contributed by atoms with van der Waals surface area (Å²) in [5, 5.41) is 0. The minimum absolute atomic E-state index is 0.221. The Kier molecular flexibility index (Phi) is 6.72. The zero-order chi connectivity index (χ0) is 20.7. The van der Waals surface area contributed by atoms with Gasteiger partial charge in [-0.2, -0.15) is 0 Å². The molecule has 1 aromatic carbocycles. The number of ether oxygens (including phenoxy) is 3. The third-order valence-electron chi connectivity index (χ3n) is 4.45. The maximum absolute atomic E-state index is 11.9. The third-order valence-corrected chi connectivity index (χ3v) is 4.45. The molecule has 2 heterocycles. The molecule has 0 bridgehead atoms. The molecule has 0 saturated carbocycles. The van der Waals surface area contributed by atoms with Crippen LogP contribution in [-0.4, -0.2) is 36.9 Å². The first-order valence-corrected chi connectivity index (χ1v) is 9.60. The first-order chi connectivity index (χ1) is 14.0. The third kappa shape index (κ3) is 5.26. The van der Waals surface area contributed by atoms with Gasteiger partial charge in [-0.25, -0.2) is 4.79 Å². The number of esters is 1. The maximum atomic E-state index is 11.9. The number of methoxy groups -OCH3 is 1. The normalized spacial score (nSPS) is 18.0. The van der Waals surface area contributed by atoms with Gasteiger partial charge in [-0.3, -0.25) is 15.3 Å². The largest absolute Gasteiger partial charge is 0.490 e. The summed E-state index contributed by atoms with van der Waals surface area (Å²) < 4.78 is 16.6. The summed E-state index contributed by atoms with van der Waals surface area (Å²) in [5.74, 6) is 0.618. The smallest absolute Gasteiger partial charge is 0.337 e. The molecule has 1 unspecified atom stereocenters. The molecular weight excluding hydrogens is 372 g/mol. The molecule has 1 N–H and O–H groups in total. The molecule has 7 heteroatoms. The molecule has 2 aromatic rings. The Morgan fingerprint density at radius 3 is 2.83 bits per heavy atom. The lowest BCUT2D eigenvalue weighted by molar-refractivity contribution is -0.0476. The van der Waals surface area contributed by atoms with Crippen LogP contribution in [-0.2, 0) is 9.57 Å². The summed E-state index contributed by atoms with van der Waals surface area (Å²) in [6.07, 6.45) is 7.38. The summed E-state index contributed by atoms with van der Waals surface area (Å²) >= 11 is 0. The van der Waals surface area contributed by atoms with Crippen molar-refractivity contribution in [3.05, 3.63) is 59.9 Å². The molecule has 0 amide bonds. The van der Waals surface area contributed by atoms with Gasteiger partial charge in [-0.05, 0) is 49.8 Å². The van der Waals surface area contributed by atoms with Crippen LogP contribution in [0.3, 0.4) is 0 Å². The van der Waals surface area contributed by atoms with Crippen molar-refractivity contribution in [2.75, 3.05) is 20.3 Å². The Morgan fingerprint density at radius 2 is 2.10 bits per heavy atom. The topological polar surface area (TPSA) is 78.9 Å².